The Bertz CT molecular complexity index is 376. The summed E-state index contributed by atoms with van der Waals surface area (Å²) in [6, 6.07) is 5.70. The lowest BCUT2D eigenvalue weighted by molar-refractivity contribution is 0.0704. The molecule has 0 aliphatic carbocycles. The van der Waals surface area contributed by atoms with Gasteiger partial charge >= 0.3 is 6.09 Å². The van der Waals surface area contributed by atoms with Crippen molar-refractivity contribution in [1.29, 1.82) is 0 Å². The number of amides is 1. The Morgan fingerprint density at radius 3 is 2.79 bits per heavy atom. The summed E-state index contributed by atoms with van der Waals surface area (Å²) in [5.74, 6) is 0. The number of hydroxylamine groups is 1. The summed E-state index contributed by atoms with van der Waals surface area (Å²) in [5.41, 5.74) is 2.88. The molecule has 74 valence electrons. The van der Waals surface area contributed by atoms with Crippen molar-refractivity contribution in [2.75, 3.05) is 11.9 Å². The average Bonchev–Trinajstić information content (AvgIpc) is 2.57. The van der Waals surface area contributed by atoms with E-state index in [1.54, 1.807) is 0 Å². The van der Waals surface area contributed by atoms with Gasteiger partial charge in [-0.1, -0.05) is 12.1 Å². The first kappa shape index (κ1) is 9.02. The fourth-order valence-corrected chi connectivity index (χ4v) is 1.36. The van der Waals surface area contributed by atoms with Crippen LogP contribution in [0.15, 0.2) is 18.2 Å². The van der Waals surface area contributed by atoms with Crippen LogP contribution in [0.5, 0.6) is 0 Å². The van der Waals surface area contributed by atoms with Gasteiger partial charge in [-0.15, -0.1) is 5.06 Å². The van der Waals surface area contributed by atoms with Crippen LogP contribution in [0.2, 0.25) is 0 Å². The Morgan fingerprint density at radius 1 is 1.36 bits per heavy atom. The number of anilines is 1. The summed E-state index contributed by atoms with van der Waals surface area (Å²) in [6.45, 7) is 3.92. The van der Waals surface area contributed by atoms with Gasteiger partial charge in [0.05, 0.1) is 5.69 Å². The van der Waals surface area contributed by atoms with E-state index in [4.69, 9.17) is 4.84 Å². The zero-order valence-corrected chi connectivity index (χ0v) is 8.11. The highest BCUT2D eigenvalue weighted by Crippen LogP contribution is 2.25. The molecule has 1 saturated heterocycles. The topological polar surface area (TPSA) is 38.8 Å². The number of carbonyl (C=O) groups excluding carboxylic acids is 1. The van der Waals surface area contributed by atoms with Gasteiger partial charge in [-0.05, 0) is 31.0 Å². The van der Waals surface area contributed by atoms with Crippen LogP contribution < -0.4 is 5.06 Å². The van der Waals surface area contributed by atoms with E-state index in [9.17, 15) is 4.79 Å². The van der Waals surface area contributed by atoms with Gasteiger partial charge in [-0.3, -0.25) is 0 Å². The number of nitrogens with zero attached hydrogens (tertiary/aromatic N) is 1. The third-order valence-electron chi connectivity index (χ3n) is 2.32. The molecule has 0 atom stereocenters. The average molecular weight is 193 g/mol. The molecule has 1 amide bonds. The number of cyclic esters (lactones) is 1. The van der Waals surface area contributed by atoms with Crippen LogP contribution in [-0.4, -0.2) is 12.9 Å². The van der Waals surface area contributed by atoms with Gasteiger partial charge in [0.15, 0.2) is 0 Å². The first-order valence-corrected chi connectivity index (χ1v) is 4.36. The Labute approximate surface area is 82.0 Å². The van der Waals surface area contributed by atoms with Crippen LogP contribution in [0.25, 0.3) is 0 Å². The summed E-state index contributed by atoms with van der Waals surface area (Å²) in [6.07, 6.45) is -0.460. The molecule has 0 unspecified atom stereocenters. The molecule has 0 N–H and O–H groups in total. The molecule has 0 bridgehead atoms. The molecule has 0 aromatic heterocycles. The standard InChI is InChI=1S/C10H11NO3/c1-7-4-3-5-9(8(7)2)11-10(12)13-6-14-11/h3-5H,6H2,1-2H3. The molecule has 0 saturated carbocycles. The molecular weight excluding hydrogens is 182 g/mol. The maximum Gasteiger partial charge on any atom is 0.441 e. The first-order valence-electron chi connectivity index (χ1n) is 4.36. The minimum atomic E-state index is -0.460. The Balaban J connectivity index is 2.41. The van der Waals surface area contributed by atoms with Gasteiger partial charge in [0.2, 0.25) is 6.79 Å². The zero-order chi connectivity index (χ0) is 10.1. The van der Waals surface area contributed by atoms with Crippen molar-refractivity contribution in [2.45, 2.75) is 13.8 Å². The van der Waals surface area contributed by atoms with Crippen molar-refractivity contribution < 1.29 is 14.4 Å². The molecule has 1 heterocycles. The van der Waals surface area contributed by atoms with E-state index in [0.29, 0.717) is 0 Å². The molecule has 0 radical (unpaired) electrons. The van der Waals surface area contributed by atoms with Crippen molar-refractivity contribution in [1.82, 2.24) is 0 Å². The Hall–Kier alpha value is -1.55. The smallest absolute Gasteiger partial charge is 0.418 e. The molecule has 1 aliphatic heterocycles. The lowest BCUT2D eigenvalue weighted by Crippen LogP contribution is -2.22. The predicted octanol–water partition coefficient (Wildman–Crippen LogP) is 2.15. The summed E-state index contributed by atoms with van der Waals surface area (Å²) in [5, 5.41) is 1.18. The molecule has 1 fully saturated rings. The quantitative estimate of drug-likeness (QED) is 0.686. The summed E-state index contributed by atoms with van der Waals surface area (Å²) in [7, 11) is 0. The zero-order valence-electron chi connectivity index (χ0n) is 8.11. The Kier molecular flexibility index (Phi) is 2.13. The molecule has 4 heteroatoms. The molecular formula is C10H11NO3. The Morgan fingerprint density at radius 2 is 2.14 bits per heavy atom. The van der Waals surface area contributed by atoms with Crippen LogP contribution >= 0.6 is 0 Å². The van der Waals surface area contributed by atoms with E-state index >= 15 is 0 Å². The van der Waals surface area contributed by atoms with Gasteiger partial charge in [-0.2, -0.15) is 0 Å². The van der Waals surface area contributed by atoms with E-state index in [2.05, 4.69) is 4.74 Å². The molecule has 0 spiro atoms. The maximum atomic E-state index is 11.2. The van der Waals surface area contributed by atoms with Crippen LogP contribution in [0.4, 0.5) is 10.5 Å². The van der Waals surface area contributed by atoms with E-state index in [0.717, 1.165) is 16.8 Å². The molecule has 1 aromatic rings. The van der Waals surface area contributed by atoms with E-state index < -0.39 is 6.09 Å². The fraction of sp³-hybridized carbons (Fsp3) is 0.300. The third-order valence-corrected chi connectivity index (χ3v) is 2.32. The molecule has 1 aliphatic rings. The number of hydrogen-bond donors (Lipinski definition) is 0. The number of aryl methyl sites for hydroxylation is 1. The second kappa shape index (κ2) is 3.31. The number of carbonyl (C=O) groups is 1. The lowest BCUT2D eigenvalue weighted by atomic mass is 10.1. The number of ether oxygens (including phenoxy) is 1. The van der Waals surface area contributed by atoms with Crippen molar-refractivity contribution in [3.63, 3.8) is 0 Å². The molecule has 4 nitrogen and oxygen atoms in total. The maximum absolute atomic E-state index is 11.2. The second-order valence-electron chi connectivity index (χ2n) is 3.17. The first-order chi connectivity index (χ1) is 6.70. The van der Waals surface area contributed by atoms with Gasteiger partial charge in [0, 0.05) is 0 Å². The molecule has 14 heavy (non-hydrogen) atoms. The molecule has 2 rings (SSSR count). The minimum Gasteiger partial charge on any atom is -0.418 e. The van der Waals surface area contributed by atoms with Crippen molar-refractivity contribution >= 4 is 11.8 Å². The predicted molar refractivity (Wildman–Crippen MR) is 50.8 cm³/mol. The SMILES string of the molecule is Cc1cccc(N2OCOC2=O)c1C. The van der Waals surface area contributed by atoms with Crippen molar-refractivity contribution in [3.8, 4) is 0 Å². The van der Waals surface area contributed by atoms with Crippen molar-refractivity contribution in [2.24, 2.45) is 0 Å². The number of rotatable bonds is 1. The summed E-state index contributed by atoms with van der Waals surface area (Å²) >= 11 is 0. The van der Waals surface area contributed by atoms with Crippen LogP contribution in [0.1, 0.15) is 11.1 Å². The normalized spacial score (nSPS) is 15.9. The molecule has 1 aromatic carbocycles. The second-order valence-corrected chi connectivity index (χ2v) is 3.17. The van der Waals surface area contributed by atoms with Crippen LogP contribution in [-0.2, 0) is 9.57 Å². The van der Waals surface area contributed by atoms with Gasteiger partial charge in [0.25, 0.3) is 0 Å². The fourth-order valence-electron chi connectivity index (χ4n) is 1.36. The summed E-state index contributed by atoms with van der Waals surface area (Å²) in [4.78, 5) is 16.3. The van der Waals surface area contributed by atoms with E-state index in [1.807, 2.05) is 32.0 Å². The largest absolute Gasteiger partial charge is 0.441 e. The highest BCUT2D eigenvalue weighted by molar-refractivity contribution is 5.87. The van der Waals surface area contributed by atoms with Crippen LogP contribution in [0.3, 0.4) is 0 Å². The highest BCUT2D eigenvalue weighted by atomic mass is 16.9. The van der Waals surface area contributed by atoms with E-state index in [1.165, 1.54) is 5.06 Å². The monoisotopic (exact) mass is 193 g/mol. The van der Waals surface area contributed by atoms with Gasteiger partial charge in [-0.25, -0.2) is 9.63 Å². The van der Waals surface area contributed by atoms with Crippen LogP contribution in [0, 0.1) is 13.8 Å². The number of hydrogen-bond acceptors (Lipinski definition) is 3. The van der Waals surface area contributed by atoms with Gasteiger partial charge in [0.1, 0.15) is 0 Å². The van der Waals surface area contributed by atoms with Gasteiger partial charge < -0.3 is 4.74 Å². The van der Waals surface area contributed by atoms with E-state index in [-0.39, 0.29) is 6.79 Å². The third kappa shape index (κ3) is 1.33. The van der Waals surface area contributed by atoms with Crippen molar-refractivity contribution in [3.05, 3.63) is 29.3 Å². The highest BCUT2D eigenvalue weighted by Gasteiger charge is 2.26. The summed E-state index contributed by atoms with van der Waals surface area (Å²) < 4.78 is 4.68. The lowest BCUT2D eigenvalue weighted by Gasteiger charge is -2.14. The minimum absolute atomic E-state index is 0.00772. The number of benzene rings is 1.